The van der Waals surface area contributed by atoms with Crippen LogP contribution in [0.15, 0.2) is 45.9 Å². The zero-order valence-electron chi connectivity index (χ0n) is 11.9. The Morgan fingerprint density at radius 3 is 2.32 bits per heavy atom. The van der Waals surface area contributed by atoms with Crippen LogP contribution >= 0.6 is 15.9 Å². The fourth-order valence-corrected chi connectivity index (χ4v) is 3.39. The van der Waals surface area contributed by atoms with E-state index in [9.17, 15) is 13.2 Å². The van der Waals surface area contributed by atoms with Crippen LogP contribution < -0.4 is 10.0 Å². The first kappa shape index (κ1) is 16.4. The molecule has 1 aromatic heterocycles. The minimum Gasteiger partial charge on any atom is -0.326 e. The van der Waals surface area contributed by atoms with Crippen molar-refractivity contribution in [2.45, 2.75) is 18.7 Å². The van der Waals surface area contributed by atoms with Crippen LogP contribution in [0.1, 0.15) is 12.6 Å². The lowest BCUT2D eigenvalue weighted by molar-refractivity contribution is -0.114. The molecule has 8 heteroatoms. The fraction of sp³-hybridized carbons (Fsp3) is 0.143. The van der Waals surface area contributed by atoms with Crippen LogP contribution in [0, 0.1) is 6.92 Å². The second kappa shape index (κ2) is 6.45. The number of sulfonamides is 1. The number of nitrogens with zero attached hydrogens (tertiary/aromatic N) is 1. The van der Waals surface area contributed by atoms with E-state index in [0.717, 1.165) is 0 Å². The highest BCUT2D eigenvalue weighted by molar-refractivity contribution is 9.10. The fourth-order valence-electron chi connectivity index (χ4n) is 1.82. The maximum atomic E-state index is 12.3. The van der Waals surface area contributed by atoms with Crippen molar-refractivity contribution in [1.82, 2.24) is 4.98 Å². The van der Waals surface area contributed by atoms with Crippen molar-refractivity contribution in [3.8, 4) is 0 Å². The van der Waals surface area contributed by atoms with Gasteiger partial charge in [-0.15, -0.1) is 0 Å². The van der Waals surface area contributed by atoms with Gasteiger partial charge in [0.15, 0.2) is 0 Å². The largest absolute Gasteiger partial charge is 0.326 e. The molecule has 0 aliphatic heterocycles. The molecule has 0 aliphatic carbocycles. The highest BCUT2D eigenvalue weighted by Crippen LogP contribution is 2.21. The summed E-state index contributed by atoms with van der Waals surface area (Å²) >= 11 is 3.22. The number of anilines is 2. The van der Waals surface area contributed by atoms with Gasteiger partial charge in [-0.2, -0.15) is 0 Å². The van der Waals surface area contributed by atoms with Crippen molar-refractivity contribution in [3.05, 3.63) is 46.7 Å². The van der Waals surface area contributed by atoms with Crippen molar-refractivity contribution in [3.63, 3.8) is 0 Å². The van der Waals surface area contributed by atoms with Gasteiger partial charge in [-0.05, 0) is 59.3 Å². The second-order valence-electron chi connectivity index (χ2n) is 4.63. The van der Waals surface area contributed by atoms with Crippen LogP contribution in [0.5, 0.6) is 0 Å². The van der Waals surface area contributed by atoms with E-state index in [-0.39, 0.29) is 10.8 Å². The topological polar surface area (TPSA) is 88.2 Å². The van der Waals surface area contributed by atoms with E-state index in [1.807, 2.05) is 0 Å². The van der Waals surface area contributed by atoms with Crippen LogP contribution in [-0.2, 0) is 14.8 Å². The molecule has 116 valence electrons. The van der Waals surface area contributed by atoms with Crippen LogP contribution in [-0.4, -0.2) is 19.3 Å². The normalized spacial score (nSPS) is 11.0. The van der Waals surface area contributed by atoms with E-state index in [4.69, 9.17) is 0 Å². The summed E-state index contributed by atoms with van der Waals surface area (Å²) in [6.45, 7) is 3.15. The van der Waals surface area contributed by atoms with E-state index < -0.39 is 10.0 Å². The summed E-state index contributed by atoms with van der Waals surface area (Å²) in [7, 11) is -3.70. The molecule has 1 aromatic carbocycles. The summed E-state index contributed by atoms with van der Waals surface area (Å²) in [5.41, 5.74) is 1.65. The first-order valence-electron chi connectivity index (χ1n) is 6.31. The second-order valence-corrected chi connectivity index (χ2v) is 7.13. The van der Waals surface area contributed by atoms with Crippen molar-refractivity contribution < 1.29 is 13.2 Å². The smallest absolute Gasteiger partial charge is 0.261 e. The van der Waals surface area contributed by atoms with E-state index in [1.165, 1.54) is 31.2 Å². The van der Waals surface area contributed by atoms with E-state index in [0.29, 0.717) is 21.7 Å². The summed E-state index contributed by atoms with van der Waals surface area (Å²) in [4.78, 5) is 15.2. The molecule has 1 heterocycles. The average Bonchev–Trinajstić information content (AvgIpc) is 2.36. The molecule has 0 bridgehead atoms. The summed E-state index contributed by atoms with van der Waals surface area (Å²) in [6.07, 6.45) is 0. The highest BCUT2D eigenvalue weighted by Gasteiger charge is 2.14. The number of pyridine rings is 1. The number of halogens is 1. The molecule has 0 saturated heterocycles. The molecule has 2 rings (SSSR count). The molecule has 1 amide bonds. The number of carbonyl (C=O) groups excluding carboxylic acids is 1. The quantitative estimate of drug-likeness (QED) is 0.794. The molecule has 0 aliphatic rings. The number of hydrogen-bond donors (Lipinski definition) is 2. The SMILES string of the molecule is CC(=O)Nc1ccc(S(=O)(=O)Nc2cc(C)nc(Br)c2)cc1. The zero-order valence-corrected chi connectivity index (χ0v) is 14.3. The number of carbonyl (C=O) groups is 1. The predicted molar refractivity (Wildman–Crippen MR) is 88.2 cm³/mol. The Labute approximate surface area is 137 Å². The minimum absolute atomic E-state index is 0.104. The number of nitrogens with one attached hydrogen (secondary N) is 2. The molecule has 0 fully saturated rings. The number of hydrogen-bond acceptors (Lipinski definition) is 4. The Kier molecular flexibility index (Phi) is 4.82. The number of benzene rings is 1. The lowest BCUT2D eigenvalue weighted by atomic mass is 10.3. The van der Waals surface area contributed by atoms with Crippen LogP contribution in [0.4, 0.5) is 11.4 Å². The van der Waals surface area contributed by atoms with E-state index >= 15 is 0 Å². The predicted octanol–water partition coefficient (Wildman–Crippen LogP) is 2.91. The van der Waals surface area contributed by atoms with Gasteiger partial charge in [0.2, 0.25) is 5.91 Å². The summed E-state index contributed by atoms with van der Waals surface area (Å²) in [5.74, 6) is -0.217. The molecular formula is C14H14BrN3O3S. The third-order valence-corrected chi connectivity index (χ3v) is 4.46. The lowest BCUT2D eigenvalue weighted by Crippen LogP contribution is -2.13. The first-order chi connectivity index (χ1) is 10.3. The summed E-state index contributed by atoms with van der Waals surface area (Å²) in [6, 6.07) is 9.13. The number of amides is 1. The molecule has 0 saturated carbocycles. The zero-order chi connectivity index (χ0) is 16.3. The van der Waals surface area contributed by atoms with Gasteiger partial charge < -0.3 is 5.32 Å². The summed E-state index contributed by atoms with van der Waals surface area (Å²) in [5, 5.41) is 2.58. The van der Waals surface area contributed by atoms with Gasteiger partial charge in [0.05, 0.1) is 10.6 Å². The average molecular weight is 384 g/mol. The number of rotatable bonds is 4. The third-order valence-electron chi connectivity index (χ3n) is 2.66. The molecule has 0 atom stereocenters. The monoisotopic (exact) mass is 383 g/mol. The van der Waals surface area contributed by atoms with Gasteiger partial charge in [-0.25, -0.2) is 13.4 Å². The minimum atomic E-state index is -3.70. The van der Waals surface area contributed by atoms with Crippen molar-refractivity contribution >= 4 is 43.2 Å². The molecule has 0 radical (unpaired) electrons. The number of aromatic nitrogens is 1. The molecular weight excluding hydrogens is 370 g/mol. The highest BCUT2D eigenvalue weighted by atomic mass is 79.9. The molecule has 6 nitrogen and oxygen atoms in total. The maximum absolute atomic E-state index is 12.3. The van der Waals surface area contributed by atoms with Crippen molar-refractivity contribution in [2.75, 3.05) is 10.0 Å². The van der Waals surface area contributed by atoms with Crippen LogP contribution in [0.3, 0.4) is 0 Å². The molecule has 2 aromatic rings. The molecule has 2 N–H and O–H groups in total. The summed E-state index contributed by atoms with van der Waals surface area (Å²) < 4.78 is 27.7. The third kappa shape index (κ3) is 4.28. The molecule has 0 unspecified atom stereocenters. The van der Waals surface area contributed by atoms with Gasteiger partial charge in [0.1, 0.15) is 4.60 Å². The van der Waals surface area contributed by atoms with Gasteiger partial charge >= 0.3 is 0 Å². The maximum Gasteiger partial charge on any atom is 0.261 e. The Balaban J connectivity index is 2.24. The van der Waals surface area contributed by atoms with Gasteiger partial charge in [-0.3, -0.25) is 9.52 Å². The number of aryl methyl sites for hydroxylation is 1. The first-order valence-corrected chi connectivity index (χ1v) is 8.58. The Hall–Kier alpha value is -1.93. The Morgan fingerprint density at radius 1 is 1.14 bits per heavy atom. The van der Waals surface area contributed by atoms with E-state index in [1.54, 1.807) is 19.1 Å². The molecule has 22 heavy (non-hydrogen) atoms. The van der Waals surface area contributed by atoms with Gasteiger partial charge in [0, 0.05) is 18.3 Å². The molecule has 0 spiro atoms. The standard InChI is InChI=1S/C14H14BrN3O3S/c1-9-7-12(8-14(15)16-9)18-22(20,21)13-5-3-11(4-6-13)17-10(2)19/h3-8H,1-2H3,(H,16,18)(H,17,19). The van der Waals surface area contributed by atoms with Crippen molar-refractivity contribution in [2.24, 2.45) is 0 Å². The lowest BCUT2D eigenvalue weighted by Gasteiger charge is -2.10. The van der Waals surface area contributed by atoms with E-state index in [2.05, 4.69) is 31.0 Å². The Bertz CT molecular complexity index is 784. The van der Waals surface area contributed by atoms with Gasteiger partial charge in [-0.1, -0.05) is 0 Å². The Morgan fingerprint density at radius 2 is 1.77 bits per heavy atom. The van der Waals surface area contributed by atoms with Crippen LogP contribution in [0.25, 0.3) is 0 Å². The van der Waals surface area contributed by atoms with Gasteiger partial charge in [0.25, 0.3) is 10.0 Å². The van der Waals surface area contributed by atoms with Crippen molar-refractivity contribution in [1.29, 1.82) is 0 Å². The van der Waals surface area contributed by atoms with Crippen LogP contribution in [0.2, 0.25) is 0 Å².